The number of nitrogens with one attached hydrogen (secondary N) is 2. The molecule has 1 fully saturated rings. The van der Waals surface area contributed by atoms with Gasteiger partial charge in [0.15, 0.2) is 0 Å². The molecule has 2 N–H and O–H groups in total. The van der Waals surface area contributed by atoms with Crippen LogP contribution < -0.4 is 16.2 Å². The number of amides is 2. The third kappa shape index (κ3) is 4.45. The second-order valence-electron chi connectivity index (χ2n) is 6.59. The van der Waals surface area contributed by atoms with Crippen molar-refractivity contribution < 1.29 is 18.7 Å². The molecule has 1 heterocycles. The molecule has 2 amide bonds. The smallest absolute Gasteiger partial charge is 0.263 e. The van der Waals surface area contributed by atoms with E-state index in [2.05, 4.69) is 10.6 Å². The Kier molecular flexibility index (Phi) is 5.89. The summed E-state index contributed by atoms with van der Waals surface area (Å²) >= 11 is 0. The fraction of sp³-hybridized carbons (Fsp3) is 0.350. The van der Waals surface area contributed by atoms with Crippen molar-refractivity contribution in [3.8, 4) is 0 Å². The summed E-state index contributed by atoms with van der Waals surface area (Å²) in [7, 11) is 1.41. The minimum absolute atomic E-state index is 0.00874. The molecule has 0 radical (unpaired) electrons. The Bertz CT molecular complexity index is 957. The lowest BCUT2D eigenvalue weighted by Gasteiger charge is -2.12. The Morgan fingerprint density at radius 3 is 2.75 bits per heavy atom. The minimum atomic E-state index is -0.591. The summed E-state index contributed by atoms with van der Waals surface area (Å²) in [6.07, 6.45) is 2.10. The minimum Gasteiger partial charge on any atom is -0.376 e. The van der Waals surface area contributed by atoms with Gasteiger partial charge < -0.3 is 19.9 Å². The van der Waals surface area contributed by atoms with Crippen molar-refractivity contribution in [2.75, 3.05) is 13.7 Å². The number of carbonyl (C=O) groups excluding carboxylic acids is 2. The molecule has 148 valence electrons. The molecule has 8 heteroatoms. The number of carbonyl (C=O) groups is 2. The molecule has 1 aromatic heterocycles. The van der Waals surface area contributed by atoms with Crippen LogP contribution in [-0.4, -0.2) is 42.2 Å². The summed E-state index contributed by atoms with van der Waals surface area (Å²) < 4.78 is 20.1. The molecule has 1 saturated carbocycles. The van der Waals surface area contributed by atoms with Crippen LogP contribution in [0.4, 0.5) is 4.39 Å². The van der Waals surface area contributed by atoms with E-state index in [9.17, 15) is 18.8 Å². The largest absolute Gasteiger partial charge is 0.376 e. The standard InChI is InChI=1S/C20H22FN3O4/c1-3-28-17-9-16(17)23-18(25)13-8-15(19(26)22-2)20(27)24(11-13)10-12-5-4-6-14(21)7-12/h4-8,11,16-17H,3,9-10H2,1-2H3,(H,22,26)(H,23,25)/t16-,17-/m1/s1. The van der Waals surface area contributed by atoms with Gasteiger partial charge in [0, 0.05) is 19.9 Å². The van der Waals surface area contributed by atoms with Gasteiger partial charge in [-0.1, -0.05) is 12.1 Å². The van der Waals surface area contributed by atoms with Crippen LogP contribution in [0.25, 0.3) is 0 Å². The fourth-order valence-electron chi connectivity index (χ4n) is 2.98. The van der Waals surface area contributed by atoms with Gasteiger partial charge >= 0.3 is 0 Å². The average molecular weight is 387 g/mol. The molecule has 0 spiro atoms. The highest BCUT2D eigenvalue weighted by Crippen LogP contribution is 2.25. The van der Waals surface area contributed by atoms with Gasteiger partial charge in [0.1, 0.15) is 11.4 Å². The van der Waals surface area contributed by atoms with Crippen LogP contribution >= 0.6 is 0 Å². The first-order valence-corrected chi connectivity index (χ1v) is 9.06. The Balaban J connectivity index is 1.90. The normalized spacial score (nSPS) is 17.8. The van der Waals surface area contributed by atoms with E-state index >= 15 is 0 Å². The molecule has 1 aromatic carbocycles. The number of aromatic nitrogens is 1. The molecule has 28 heavy (non-hydrogen) atoms. The molecule has 3 rings (SSSR count). The number of hydrogen-bond donors (Lipinski definition) is 2. The van der Waals surface area contributed by atoms with Crippen LogP contribution in [0.1, 0.15) is 39.6 Å². The molecule has 2 aromatic rings. The van der Waals surface area contributed by atoms with Crippen LogP contribution in [0, 0.1) is 5.82 Å². The third-order valence-corrected chi connectivity index (χ3v) is 4.49. The molecule has 0 unspecified atom stereocenters. The van der Waals surface area contributed by atoms with E-state index < -0.39 is 23.2 Å². The number of hydrogen-bond acceptors (Lipinski definition) is 4. The highest BCUT2D eigenvalue weighted by atomic mass is 19.1. The monoisotopic (exact) mass is 387 g/mol. The van der Waals surface area contributed by atoms with Crippen molar-refractivity contribution in [2.45, 2.75) is 32.0 Å². The maximum Gasteiger partial charge on any atom is 0.263 e. The zero-order chi connectivity index (χ0) is 20.3. The molecule has 1 aliphatic rings. The number of nitrogens with zero attached hydrogens (tertiary/aromatic N) is 1. The molecular formula is C20H22FN3O4. The number of ether oxygens (including phenoxy) is 1. The first kappa shape index (κ1) is 19.8. The van der Waals surface area contributed by atoms with Gasteiger partial charge in [-0.25, -0.2) is 4.39 Å². The van der Waals surface area contributed by atoms with E-state index in [0.717, 1.165) is 6.42 Å². The molecule has 7 nitrogen and oxygen atoms in total. The van der Waals surface area contributed by atoms with Crippen molar-refractivity contribution in [1.82, 2.24) is 15.2 Å². The van der Waals surface area contributed by atoms with Gasteiger partial charge in [0.2, 0.25) is 0 Å². The van der Waals surface area contributed by atoms with Crippen LogP contribution in [-0.2, 0) is 11.3 Å². The number of pyridine rings is 1. The lowest BCUT2D eigenvalue weighted by molar-refractivity contribution is 0.0914. The predicted octanol–water partition coefficient (Wildman–Crippen LogP) is 1.30. The first-order chi connectivity index (χ1) is 13.4. The Morgan fingerprint density at radius 1 is 1.29 bits per heavy atom. The molecular weight excluding hydrogens is 365 g/mol. The SMILES string of the molecule is CCO[C@@H]1C[C@H]1NC(=O)c1cc(C(=O)NC)c(=O)n(Cc2cccc(F)c2)c1. The first-order valence-electron chi connectivity index (χ1n) is 9.06. The zero-order valence-corrected chi connectivity index (χ0v) is 15.7. The molecule has 0 bridgehead atoms. The van der Waals surface area contributed by atoms with E-state index in [4.69, 9.17) is 4.74 Å². The van der Waals surface area contributed by atoms with Crippen molar-refractivity contribution in [3.05, 3.63) is 69.4 Å². The van der Waals surface area contributed by atoms with Crippen molar-refractivity contribution in [3.63, 3.8) is 0 Å². The van der Waals surface area contributed by atoms with Gasteiger partial charge in [-0.3, -0.25) is 14.4 Å². The molecule has 0 saturated heterocycles. The van der Waals surface area contributed by atoms with Crippen molar-refractivity contribution >= 4 is 11.8 Å². The quantitative estimate of drug-likeness (QED) is 0.750. The summed E-state index contributed by atoms with van der Waals surface area (Å²) in [5.74, 6) is -1.42. The Hall–Kier alpha value is -3.00. The summed E-state index contributed by atoms with van der Waals surface area (Å²) in [6, 6.07) is 6.99. The second-order valence-corrected chi connectivity index (χ2v) is 6.59. The van der Waals surface area contributed by atoms with E-state index in [-0.39, 0.29) is 29.8 Å². The van der Waals surface area contributed by atoms with Gasteiger partial charge in [-0.2, -0.15) is 0 Å². The predicted molar refractivity (Wildman–Crippen MR) is 101 cm³/mol. The summed E-state index contributed by atoms with van der Waals surface area (Å²) in [6.45, 7) is 2.48. The summed E-state index contributed by atoms with van der Waals surface area (Å²) in [5.41, 5.74) is 0.0142. The van der Waals surface area contributed by atoms with E-state index in [1.165, 1.54) is 42.1 Å². The van der Waals surface area contributed by atoms with Gasteiger partial charge in [0.25, 0.3) is 17.4 Å². The number of rotatable bonds is 7. The van der Waals surface area contributed by atoms with E-state index in [1.807, 2.05) is 6.92 Å². The number of halogens is 1. The summed E-state index contributed by atoms with van der Waals surface area (Å²) in [4.78, 5) is 37.4. The second kappa shape index (κ2) is 8.35. The zero-order valence-electron chi connectivity index (χ0n) is 15.7. The van der Waals surface area contributed by atoms with Gasteiger partial charge in [-0.05, 0) is 37.1 Å². The Labute approximate surface area is 161 Å². The lowest BCUT2D eigenvalue weighted by Crippen LogP contribution is -2.35. The highest BCUT2D eigenvalue weighted by molar-refractivity contribution is 5.99. The van der Waals surface area contributed by atoms with Crippen LogP contribution in [0.5, 0.6) is 0 Å². The fourth-order valence-corrected chi connectivity index (χ4v) is 2.98. The van der Waals surface area contributed by atoms with Crippen LogP contribution in [0.3, 0.4) is 0 Å². The molecule has 0 aliphatic heterocycles. The van der Waals surface area contributed by atoms with E-state index in [1.54, 1.807) is 6.07 Å². The van der Waals surface area contributed by atoms with Crippen molar-refractivity contribution in [2.24, 2.45) is 0 Å². The highest BCUT2D eigenvalue weighted by Gasteiger charge is 2.39. The lowest BCUT2D eigenvalue weighted by atomic mass is 10.1. The van der Waals surface area contributed by atoms with Crippen LogP contribution in [0.2, 0.25) is 0 Å². The number of benzene rings is 1. The van der Waals surface area contributed by atoms with Crippen molar-refractivity contribution in [1.29, 1.82) is 0 Å². The van der Waals surface area contributed by atoms with Gasteiger partial charge in [0.05, 0.1) is 24.3 Å². The Morgan fingerprint density at radius 2 is 2.07 bits per heavy atom. The van der Waals surface area contributed by atoms with E-state index in [0.29, 0.717) is 12.2 Å². The third-order valence-electron chi connectivity index (χ3n) is 4.49. The molecule has 1 aliphatic carbocycles. The maximum absolute atomic E-state index is 13.5. The topological polar surface area (TPSA) is 89.4 Å². The average Bonchev–Trinajstić information content (AvgIpc) is 3.40. The van der Waals surface area contributed by atoms with Gasteiger partial charge in [-0.15, -0.1) is 0 Å². The summed E-state index contributed by atoms with van der Waals surface area (Å²) in [5, 5.41) is 5.24. The maximum atomic E-state index is 13.5. The molecule has 2 atom stereocenters. The van der Waals surface area contributed by atoms with Crippen LogP contribution in [0.15, 0.2) is 41.3 Å².